The minimum absolute atomic E-state index is 0.109. The van der Waals surface area contributed by atoms with Crippen LogP contribution in [0.25, 0.3) is 0 Å². The first-order valence-electron chi connectivity index (χ1n) is 6.78. The average molecular weight is 327 g/mol. The molecule has 8 heteroatoms. The van der Waals surface area contributed by atoms with Crippen molar-refractivity contribution in [1.29, 1.82) is 0 Å². The maximum absolute atomic E-state index is 11.9. The Morgan fingerprint density at radius 3 is 2.46 bits per heavy atom. The zero-order chi connectivity index (χ0) is 17.5. The van der Waals surface area contributed by atoms with Crippen molar-refractivity contribution < 1.29 is 19.2 Å². The lowest BCUT2D eigenvalue weighted by Gasteiger charge is -2.03. The van der Waals surface area contributed by atoms with Crippen molar-refractivity contribution in [3.63, 3.8) is 0 Å². The molecule has 0 radical (unpaired) electrons. The van der Waals surface area contributed by atoms with Gasteiger partial charge in [0.15, 0.2) is 0 Å². The summed E-state index contributed by atoms with van der Waals surface area (Å²) in [5.74, 6) is -1.05. The van der Waals surface area contributed by atoms with Gasteiger partial charge in [-0.15, -0.1) is 0 Å². The SMILES string of the molecule is COC(=O)c1ccccc1/C=N\NC(=O)c1ccc([N+](=O)[O-])cc1. The molecule has 0 aliphatic rings. The van der Waals surface area contributed by atoms with Gasteiger partial charge in [-0.2, -0.15) is 5.10 Å². The molecule has 2 rings (SSSR count). The first-order valence-corrected chi connectivity index (χ1v) is 6.78. The minimum Gasteiger partial charge on any atom is -0.465 e. The lowest BCUT2D eigenvalue weighted by molar-refractivity contribution is -0.384. The number of nitrogens with zero attached hydrogens (tertiary/aromatic N) is 2. The molecule has 1 amide bonds. The highest BCUT2D eigenvalue weighted by Gasteiger charge is 2.10. The molecule has 8 nitrogen and oxygen atoms in total. The van der Waals surface area contributed by atoms with E-state index in [1.807, 2.05) is 0 Å². The van der Waals surface area contributed by atoms with Gasteiger partial charge in [-0.05, 0) is 18.2 Å². The molecule has 0 fully saturated rings. The summed E-state index contributed by atoms with van der Waals surface area (Å²) in [6.07, 6.45) is 1.32. The third kappa shape index (κ3) is 4.01. The van der Waals surface area contributed by atoms with Gasteiger partial charge in [-0.1, -0.05) is 18.2 Å². The van der Waals surface area contributed by atoms with Gasteiger partial charge in [-0.3, -0.25) is 14.9 Å². The van der Waals surface area contributed by atoms with Crippen LogP contribution in [-0.2, 0) is 4.74 Å². The van der Waals surface area contributed by atoms with E-state index >= 15 is 0 Å². The number of hydrogen-bond donors (Lipinski definition) is 1. The molecule has 0 aliphatic carbocycles. The maximum Gasteiger partial charge on any atom is 0.338 e. The van der Waals surface area contributed by atoms with Crippen LogP contribution in [0.3, 0.4) is 0 Å². The Labute approximate surface area is 136 Å². The van der Waals surface area contributed by atoms with Gasteiger partial charge in [0.1, 0.15) is 0 Å². The van der Waals surface area contributed by atoms with Gasteiger partial charge in [0.2, 0.25) is 0 Å². The number of nitrogens with one attached hydrogen (secondary N) is 1. The number of carbonyl (C=O) groups excluding carboxylic acids is 2. The normalized spacial score (nSPS) is 10.4. The number of methoxy groups -OCH3 is 1. The molecule has 2 aromatic carbocycles. The van der Waals surface area contributed by atoms with Crippen LogP contribution >= 0.6 is 0 Å². The molecule has 1 N–H and O–H groups in total. The van der Waals surface area contributed by atoms with E-state index in [9.17, 15) is 19.7 Å². The molecule has 0 aliphatic heterocycles. The van der Waals surface area contributed by atoms with E-state index in [0.29, 0.717) is 11.1 Å². The highest BCUT2D eigenvalue weighted by Crippen LogP contribution is 2.12. The Morgan fingerprint density at radius 2 is 1.83 bits per heavy atom. The van der Waals surface area contributed by atoms with Gasteiger partial charge in [0, 0.05) is 23.3 Å². The van der Waals surface area contributed by atoms with E-state index in [0.717, 1.165) is 0 Å². The molecule has 0 spiro atoms. The monoisotopic (exact) mass is 327 g/mol. The first kappa shape index (κ1) is 16.8. The van der Waals surface area contributed by atoms with Gasteiger partial charge in [0.05, 0.1) is 23.8 Å². The number of benzene rings is 2. The van der Waals surface area contributed by atoms with Crippen LogP contribution in [-0.4, -0.2) is 30.1 Å². The molecule has 2 aromatic rings. The molecule has 0 saturated carbocycles. The summed E-state index contributed by atoms with van der Waals surface area (Å²) in [5.41, 5.74) is 3.19. The summed E-state index contributed by atoms with van der Waals surface area (Å²) in [6, 6.07) is 11.7. The van der Waals surface area contributed by atoms with E-state index in [-0.39, 0.29) is 11.3 Å². The zero-order valence-electron chi connectivity index (χ0n) is 12.6. The Kier molecular flexibility index (Phi) is 5.35. The number of hydrogen-bond acceptors (Lipinski definition) is 6. The Hall–Kier alpha value is -3.55. The van der Waals surface area contributed by atoms with Gasteiger partial charge >= 0.3 is 5.97 Å². The number of amides is 1. The van der Waals surface area contributed by atoms with Crippen LogP contribution in [0.15, 0.2) is 53.6 Å². The summed E-state index contributed by atoms with van der Waals surface area (Å²) in [7, 11) is 1.27. The summed E-state index contributed by atoms with van der Waals surface area (Å²) < 4.78 is 4.66. The minimum atomic E-state index is -0.552. The van der Waals surface area contributed by atoms with Crippen molar-refractivity contribution in [1.82, 2.24) is 5.43 Å². The highest BCUT2D eigenvalue weighted by atomic mass is 16.6. The van der Waals surface area contributed by atoms with Crippen molar-refractivity contribution in [2.24, 2.45) is 5.10 Å². The van der Waals surface area contributed by atoms with E-state index in [1.165, 1.54) is 37.6 Å². The van der Waals surface area contributed by atoms with Crippen LogP contribution in [0.1, 0.15) is 26.3 Å². The quantitative estimate of drug-likeness (QED) is 0.391. The standard InChI is InChI=1S/C16H13N3O5/c1-24-16(21)14-5-3-2-4-12(14)10-17-18-15(20)11-6-8-13(9-7-11)19(22)23/h2-10H,1H3,(H,18,20)/b17-10-. The number of nitro benzene ring substituents is 1. The van der Waals surface area contributed by atoms with Crippen LogP contribution in [0.2, 0.25) is 0 Å². The molecule has 0 unspecified atom stereocenters. The highest BCUT2D eigenvalue weighted by molar-refractivity contribution is 6.00. The molecule has 0 aromatic heterocycles. The van der Waals surface area contributed by atoms with Crippen LogP contribution in [0.4, 0.5) is 5.69 Å². The second-order valence-electron chi connectivity index (χ2n) is 4.58. The van der Waals surface area contributed by atoms with E-state index in [1.54, 1.807) is 24.3 Å². The molecule has 0 heterocycles. The number of rotatable bonds is 5. The number of carbonyl (C=O) groups is 2. The molecule has 122 valence electrons. The molecule has 0 saturated heterocycles. The van der Waals surface area contributed by atoms with Crippen molar-refractivity contribution >= 4 is 23.8 Å². The fourth-order valence-electron chi connectivity index (χ4n) is 1.86. The summed E-state index contributed by atoms with van der Waals surface area (Å²) in [5, 5.41) is 14.4. The second kappa shape index (κ2) is 7.63. The lowest BCUT2D eigenvalue weighted by atomic mass is 10.1. The maximum atomic E-state index is 11.9. The van der Waals surface area contributed by atoms with E-state index in [4.69, 9.17) is 0 Å². The molecular weight excluding hydrogens is 314 g/mol. The van der Waals surface area contributed by atoms with Crippen molar-refractivity contribution in [2.75, 3.05) is 7.11 Å². The fourth-order valence-corrected chi connectivity index (χ4v) is 1.86. The van der Waals surface area contributed by atoms with Crippen molar-refractivity contribution in [3.8, 4) is 0 Å². The fraction of sp³-hybridized carbons (Fsp3) is 0.0625. The number of nitro groups is 1. The summed E-state index contributed by atoms with van der Waals surface area (Å²) in [6.45, 7) is 0. The van der Waals surface area contributed by atoms with E-state index < -0.39 is 16.8 Å². The molecular formula is C16H13N3O5. The van der Waals surface area contributed by atoms with Crippen LogP contribution in [0.5, 0.6) is 0 Å². The van der Waals surface area contributed by atoms with Gasteiger partial charge < -0.3 is 4.74 Å². The second-order valence-corrected chi connectivity index (χ2v) is 4.58. The number of hydrazone groups is 1. The van der Waals surface area contributed by atoms with E-state index in [2.05, 4.69) is 15.3 Å². The molecule has 0 atom stereocenters. The van der Waals surface area contributed by atoms with Crippen LogP contribution in [0, 0.1) is 10.1 Å². The predicted molar refractivity (Wildman–Crippen MR) is 85.9 cm³/mol. The largest absolute Gasteiger partial charge is 0.465 e. The molecule has 24 heavy (non-hydrogen) atoms. The summed E-state index contributed by atoms with van der Waals surface area (Å²) in [4.78, 5) is 33.5. The lowest BCUT2D eigenvalue weighted by Crippen LogP contribution is -2.17. The summed E-state index contributed by atoms with van der Waals surface area (Å²) >= 11 is 0. The zero-order valence-corrected chi connectivity index (χ0v) is 12.6. The third-order valence-corrected chi connectivity index (χ3v) is 3.08. The van der Waals surface area contributed by atoms with Crippen LogP contribution < -0.4 is 5.43 Å². The van der Waals surface area contributed by atoms with Crippen molar-refractivity contribution in [3.05, 3.63) is 75.3 Å². The Bertz CT molecular complexity index is 800. The topological polar surface area (TPSA) is 111 Å². The number of esters is 1. The Morgan fingerprint density at radius 1 is 1.17 bits per heavy atom. The number of non-ortho nitro benzene ring substituents is 1. The van der Waals surface area contributed by atoms with Crippen molar-refractivity contribution in [2.45, 2.75) is 0 Å². The average Bonchev–Trinajstić information content (AvgIpc) is 2.61. The number of ether oxygens (including phenoxy) is 1. The van der Waals surface area contributed by atoms with Gasteiger partial charge in [0.25, 0.3) is 11.6 Å². The smallest absolute Gasteiger partial charge is 0.338 e. The third-order valence-electron chi connectivity index (χ3n) is 3.08. The Balaban J connectivity index is 2.07. The first-order chi connectivity index (χ1) is 11.5. The predicted octanol–water partition coefficient (Wildman–Crippen LogP) is 2.15. The molecule has 0 bridgehead atoms. The van der Waals surface area contributed by atoms with Gasteiger partial charge in [-0.25, -0.2) is 10.2 Å².